The molecule has 2 rings (SSSR count). The molecule has 3 heteroatoms. The molecule has 0 saturated carbocycles. The van der Waals surface area contributed by atoms with Crippen molar-refractivity contribution >= 4 is 17.3 Å². The molecular formula is C10H8N2O. The van der Waals surface area contributed by atoms with Crippen LogP contribution >= 0.6 is 0 Å². The molecule has 0 spiro atoms. The van der Waals surface area contributed by atoms with Gasteiger partial charge in [0.1, 0.15) is 0 Å². The Morgan fingerprint density at radius 2 is 2.23 bits per heavy atom. The first-order valence-corrected chi connectivity index (χ1v) is 3.98. The van der Waals surface area contributed by atoms with E-state index in [2.05, 4.69) is 9.97 Å². The maximum Gasteiger partial charge on any atom is 0.159 e. The summed E-state index contributed by atoms with van der Waals surface area (Å²) in [5.41, 5.74) is 2.20. The molecule has 2 aromatic rings. The van der Waals surface area contributed by atoms with Crippen molar-refractivity contribution in [3.05, 3.63) is 35.7 Å². The topological polar surface area (TPSA) is 42.9 Å². The molecule has 0 unspecified atom stereocenters. The van der Waals surface area contributed by atoms with Gasteiger partial charge in [-0.05, 0) is 25.1 Å². The number of aryl methyl sites for hydroxylation is 1. The van der Waals surface area contributed by atoms with E-state index in [1.54, 1.807) is 6.07 Å². The van der Waals surface area contributed by atoms with E-state index in [1.807, 2.05) is 19.1 Å². The number of hydrogen-bond acceptors (Lipinski definition) is 3. The quantitative estimate of drug-likeness (QED) is 0.615. The van der Waals surface area contributed by atoms with Gasteiger partial charge in [-0.25, -0.2) is 9.97 Å². The number of aromatic nitrogens is 2. The second-order valence-electron chi connectivity index (χ2n) is 2.89. The van der Waals surface area contributed by atoms with Crippen LogP contribution in [0.5, 0.6) is 0 Å². The lowest BCUT2D eigenvalue weighted by Gasteiger charge is -1.97. The molecular weight excluding hydrogens is 164 g/mol. The van der Waals surface area contributed by atoms with Crippen LogP contribution in [0.3, 0.4) is 0 Å². The fourth-order valence-electron chi connectivity index (χ4n) is 1.19. The summed E-state index contributed by atoms with van der Waals surface area (Å²) in [6, 6.07) is 5.60. The molecule has 2 heterocycles. The number of nitrogens with zero attached hydrogens (tertiary/aromatic N) is 2. The van der Waals surface area contributed by atoms with E-state index >= 15 is 0 Å². The van der Waals surface area contributed by atoms with Crippen LogP contribution in [-0.2, 0) is 0 Å². The Hall–Kier alpha value is -1.77. The van der Waals surface area contributed by atoms with E-state index in [0.717, 1.165) is 17.4 Å². The number of pyridine rings is 2. The molecule has 0 aliphatic heterocycles. The summed E-state index contributed by atoms with van der Waals surface area (Å²) < 4.78 is 0. The van der Waals surface area contributed by atoms with E-state index in [-0.39, 0.29) is 0 Å². The minimum atomic E-state index is 0.582. The van der Waals surface area contributed by atoms with Crippen molar-refractivity contribution in [1.29, 1.82) is 0 Å². The summed E-state index contributed by atoms with van der Waals surface area (Å²) in [5, 5.41) is 0.898. The Labute approximate surface area is 75.4 Å². The van der Waals surface area contributed by atoms with Crippen molar-refractivity contribution in [3.63, 3.8) is 0 Å². The van der Waals surface area contributed by atoms with Crippen molar-refractivity contribution in [2.45, 2.75) is 6.92 Å². The van der Waals surface area contributed by atoms with Gasteiger partial charge in [0.15, 0.2) is 11.9 Å². The molecule has 0 aliphatic carbocycles. The molecule has 3 nitrogen and oxygen atoms in total. The fraction of sp³-hybridized carbons (Fsp3) is 0.100. The number of carbonyl (C=O) groups excluding carboxylic acids is 1. The van der Waals surface area contributed by atoms with Crippen LogP contribution in [0.4, 0.5) is 0 Å². The van der Waals surface area contributed by atoms with Gasteiger partial charge < -0.3 is 0 Å². The summed E-state index contributed by atoms with van der Waals surface area (Å²) in [7, 11) is 0. The highest BCUT2D eigenvalue weighted by Gasteiger charge is 1.97. The minimum Gasteiger partial charge on any atom is -0.298 e. The predicted molar refractivity (Wildman–Crippen MR) is 49.7 cm³/mol. The van der Waals surface area contributed by atoms with Crippen LogP contribution in [0, 0.1) is 6.92 Å². The summed E-state index contributed by atoms with van der Waals surface area (Å²) in [6.45, 7) is 1.91. The Balaban J connectivity index is 2.73. The Bertz CT molecular complexity index is 465. The summed E-state index contributed by atoms with van der Waals surface area (Å²) in [5.74, 6) is 0. The Kier molecular flexibility index (Phi) is 1.77. The van der Waals surface area contributed by atoms with Gasteiger partial charge in [0.2, 0.25) is 0 Å². The second-order valence-corrected chi connectivity index (χ2v) is 2.89. The first-order valence-electron chi connectivity index (χ1n) is 3.98. The largest absolute Gasteiger partial charge is 0.298 e. The number of carbonyl (C=O) groups is 1. The van der Waals surface area contributed by atoms with Crippen LogP contribution in [0.2, 0.25) is 0 Å². The van der Waals surface area contributed by atoms with E-state index < -0.39 is 0 Å². The van der Waals surface area contributed by atoms with Gasteiger partial charge in [-0.15, -0.1) is 0 Å². The molecule has 0 aliphatic rings. The third-order valence-corrected chi connectivity index (χ3v) is 1.84. The standard InChI is InChI=1S/C10H8N2O/c1-7-2-3-9-4-8(6-13)5-11-10(9)12-7/h2-6H,1H3. The highest BCUT2D eigenvalue weighted by molar-refractivity contribution is 5.83. The maximum atomic E-state index is 10.5. The average Bonchev–Trinajstić information content (AvgIpc) is 2.17. The van der Waals surface area contributed by atoms with Gasteiger partial charge >= 0.3 is 0 Å². The van der Waals surface area contributed by atoms with Crippen molar-refractivity contribution in [3.8, 4) is 0 Å². The predicted octanol–water partition coefficient (Wildman–Crippen LogP) is 1.75. The zero-order valence-corrected chi connectivity index (χ0v) is 7.19. The van der Waals surface area contributed by atoms with Crippen molar-refractivity contribution in [2.75, 3.05) is 0 Å². The molecule has 0 amide bonds. The lowest BCUT2D eigenvalue weighted by molar-refractivity contribution is 0.112. The third-order valence-electron chi connectivity index (χ3n) is 1.84. The molecule has 0 atom stereocenters. The molecule has 64 valence electrons. The molecule has 0 saturated heterocycles. The summed E-state index contributed by atoms with van der Waals surface area (Å²) >= 11 is 0. The number of rotatable bonds is 1. The van der Waals surface area contributed by atoms with Gasteiger partial charge in [0, 0.05) is 22.8 Å². The van der Waals surface area contributed by atoms with Crippen molar-refractivity contribution in [1.82, 2.24) is 9.97 Å². The van der Waals surface area contributed by atoms with Gasteiger partial charge in [-0.2, -0.15) is 0 Å². The van der Waals surface area contributed by atoms with Gasteiger partial charge in [0.05, 0.1) is 0 Å². The van der Waals surface area contributed by atoms with Crippen molar-refractivity contribution in [2.24, 2.45) is 0 Å². The fourth-order valence-corrected chi connectivity index (χ4v) is 1.19. The zero-order chi connectivity index (χ0) is 9.26. The number of hydrogen-bond donors (Lipinski definition) is 0. The first kappa shape index (κ1) is 7.86. The molecule has 0 N–H and O–H groups in total. The minimum absolute atomic E-state index is 0.582. The van der Waals surface area contributed by atoms with E-state index in [1.165, 1.54) is 6.20 Å². The number of fused-ring (bicyclic) bond motifs is 1. The molecule has 0 aromatic carbocycles. The first-order chi connectivity index (χ1) is 6.29. The SMILES string of the molecule is Cc1ccc2cc(C=O)cnc2n1. The number of aldehydes is 1. The van der Waals surface area contributed by atoms with Gasteiger partial charge in [-0.3, -0.25) is 4.79 Å². The lowest BCUT2D eigenvalue weighted by atomic mass is 10.2. The maximum absolute atomic E-state index is 10.5. The Morgan fingerprint density at radius 1 is 1.38 bits per heavy atom. The molecule has 0 radical (unpaired) electrons. The van der Waals surface area contributed by atoms with Gasteiger partial charge in [0.25, 0.3) is 0 Å². The molecule has 13 heavy (non-hydrogen) atoms. The summed E-state index contributed by atoms with van der Waals surface area (Å²) in [4.78, 5) is 18.8. The van der Waals surface area contributed by atoms with Crippen LogP contribution in [0.1, 0.15) is 16.1 Å². The van der Waals surface area contributed by atoms with E-state index in [9.17, 15) is 4.79 Å². The lowest BCUT2D eigenvalue weighted by Crippen LogP contribution is -1.88. The van der Waals surface area contributed by atoms with E-state index in [0.29, 0.717) is 11.2 Å². The normalized spacial score (nSPS) is 10.2. The molecule has 0 fully saturated rings. The molecule has 0 bridgehead atoms. The van der Waals surface area contributed by atoms with Crippen LogP contribution in [-0.4, -0.2) is 16.3 Å². The van der Waals surface area contributed by atoms with Crippen LogP contribution in [0.15, 0.2) is 24.4 Å². The highest BCUT2D eigenvalue weighted by Crippen LogP contribution is 2.10. The average molecular weight is 172 g/mol. The van der Waals surface area contributed by atoms with Crippen LogP contribution in [0.25, 0.3) is 11.0 Å². The molecule has 2 aromatic heterocycles. The highest BCUT2D eigenvalue weighted by atomic mass is 16.1. The van der Waals surface area contributed by atoms with Gasteiger partial charge in [-0.1, -0.05) is 0 Å². The van der Waals surface area contributed by atoms with E-state index in [4.69, 9.17) is 0 Å². The smallest absolute Gasteiger partial charge is 0.159 e. The Morgan fingerprint density at radius 3 is 3.00 bits per heavy atom. The zero-order valence-electron chi connectivity index (χ0n) is 7.19. The van der Waals surface area contributed by atoms with Crippen LogP contribution < -0.4 is 0 Å². The summed E-state index contributed by atoms with van der Waals surface area (Å²) in [6.07, 6.45) is 2.31. The second kappa shape index (κ2) is 2.94. The monoisotopic (exact) mass is 172 g/mol. The third kappa shape index (κ3) is 1.40. The van der Waals surface area contributed by atoms with Crippen molar-refractivity contribution < 1.29 is 4.79 Å².